The first-order chi connectivity index (χ1) is 11.5. The van der Waals surface area contributed by atoms with Gasteiger partial charge in [0.15, 0.2) is 0 Å². The lowest BCUT2D eigenvalue weighted by atomic mass is 9.99. The minimum atomic E-state index is 0.0820. The Labute approximate surface area is 143 Å². The molecule has 0 bridgehead atoms. The first-order valence-electron chi connectivity index (χ1n) is 8.64. The summed E-state index contributed by atoms with van der Waals surface area (Å²) in [7, 11) is 0. The van der Waals surface area contributed by atoms with Crippen molar-refractivity contribution in [3.05, 3.63) is 64.7 Å². The van der Waals surface area contributed by atoms with Gasteiger partial charge in [-0.05, 0) is 47.2 Å². The lowest BCUT2D eigenvalue weighted by Crippen LogP contribution is -2.23. The van der Waals surface area contributed by atoms with Crippen molar-refractivity contribution in [3.8, 4) is 0 Å². The molecule has 0 radical (unpaired) electrons. The summed E-state index contributed by atoms with van der Waals surface area (Å²) in [6.07, 6.45) is 0.994. The normalized spacial score (nSPS) is 15.0. The van der Waals surface area contributed by atoms with Crippen LogP contribution < -0.4 is 4.90 Å². The van der Waals surface area contributed by atoms with Crippen LogP contribution in [-0.2, 0) is 13.0 Å². The standard InChI is InChI=1S/C21H25NO2/c1-14(2)10-16-4-5-18-12-22(21(24)20(18)11-16)19-8-6-17(7-9-19)15(3)13-23/h4-9,11,14-15,23H,10,12-13H2,1-3H3. The lowest BCUT2D eigenvalue weighted by molar-refractivity contribution is 0.0996. The number of rotatable bonds is 5. The van der Waals surface area contributed by atoms with Gasteiger partial charge in [-0.25, -0.2) is 0 Å². The third-order valence-electron chi connectivity index (χ3n) is 4.67. The van der Waals surface area contributed by atoms with Crippen LogP contribution in [0.4, 0.5) is 5.69 Å². The largest absolute Gasteiger partial charge is 0.396 e. The van der Waals surface area contributed by atoms with Crippen LogP contribution in [0.1, 0.15) is 53.7 Å². The molecule has 1 aliphatic heterocycles. The molecule has 0 spiro atoms. The van der Waals surface area contributed by atoms with E-state index >= 15 is 0 Å². The van der Waals surface area contributed by atoms with E-state index in [1.807, 2.05) is 36.1 Å². The zero-order valence-corrected chi connectivity index (χ0v) is 14.6. The second-order valence-electron chi connectivity index (χ2n) is 7.16. The minimum absolute atomic E-state index is 0.0820. The summed E-state index contributed by atoms with van der Waals surface area (Å²) >= 11 is 0. The van der Waals surface area contributed by atoms with E-state index in [9.17, 15) is 9.90 Å². The molecule has 3 nitrogen and oxygen atoms in total. The van der Waals surface area contributed by atoms with Gasteiger partial charge in [0.1, 0.15) is 0 Å². The first kappa shape index (κ1) is 16.7. The molecule has 1 atom stereocenters. The fourth-order valence-corrected chi connectivity index (χ4v) is 3.24. The molecule has 0 saturated carbocycles. The molecule has 0 aromatic heterocycles. The van der Waals surface area contributed by atoms with Crippen LogP contribution in [0.5, 0.6) is 0 Å². The first-order valence-corrected chi connectivity index (χ1v) is 8.64. The Morgan fingerprint density at radius 3 is 2.42 bits per heavy atom. The summed E-state index contributed by atoms with van der Waals surface area (Å²) in [6.45, 7) is 7.13. The van der Waals surface area contributed by atoms with Gasteiger partial charge in [-0.3, -0.25) is 4.79 Å². The molecule has 1 unspecified atom stereocenters. The van der Waals surface area contributed by atoms with Crippen LogP contribution >= 0.6 is 0 Å². The van der Waals surface area contributed by atoms with Gasteiger partial charge < -0.3 is 10.0 Å². The van der Waals surface area contributed by atoms with Gasteiger partial charge in [-0.15, -0.1) is 0 Å². The quantitative estimate of drug-likeness (QED) is 0.898. The lowest BCUT2D eigenvalue weighted by Gasteiger charge is -2.17. The summed E-state index contributed by atoms with van der Waals surface area (Å²) < 4.78 is 0. The summed E-state index contributed by atoms with van der Waals surface area (Å²) in [6, 6.07) is 14.2. The third-order valence-corrected chi connectivity index (χ3v) is 4.67. The molecule has 2 aromatic rings. The van der Waals surface area contributed by atoms with Crippen molar-refractivity contribution in [2.24, 2.45) is 5.92 Å². The zero-order valence-electron chi connectivity index (χ0n) is 14.6. The maximum Gasteiger partial charge on any atom is 0.258 e. The molecule has 3 rings (SSSR count). The molecule has 126 valence electrons. The minimum Gasteiger partial charge on any atom is -0.396 e. The molecule has 24 heavy (non-hydrogen) atoms. The summed E-state index contributed by atoms with van der Waals surface area (Å²) in [5.41, 5.74) is 5.16. The molecule has 1 amide bonds. The van der Waals surface area contributed by atoms with E-state index in [-0.39, 0.29) is 18.4 Å². The van der Waals surface area contributed by atoms with E-state index in [4.69, 9.17) is 0 Å². The maximum atomic E-state index is 12.8. The smallest absolute Gasteiger partial charge is 0.258 e. The van der Waals surface area contributed by atoms with Gasteiger partial charge in [-0.2, -0.15) is 0 Å². The average molecular weight is 323 g/mol. The highest BCUT2D eigenvalue weighted by atomic mass is 16.3. The predicted molar refractivity (Wildman–Crippen MR) is 97.4 cm³/mol. The van der Waals surface area contributed by atoms with Gasteiger partial charge >= 0.3 is 0 Å². The summed E-state index contributed by atoms with van der Waals surface area (Å²) in [4.78, 5) is 14.6. The molecule has 0 saturated heterocycles. The van der Waals surface area contributed by atoms with Crippen LogP contribution in [-0.4, -0.2) is 17.6 Å². The third kappa shape index (κ3) is 3.22. The highest BCUT2D eigenvalue weighted by Crippen LogP contribution is 2.30. The average Bonchev–Trinajstić information content (AvgIpc) is 2.90. The van der Waals surface area contributed by atoms with Gasteiger partial charge in [0.2, 0.25) is 0 Å². The molecule has 1 aliphatic rings. The number of aliphatic hydroxyl groups excluding tert-OH is 1. The number of hydrogen-bond acceptors (Lipinski definition) is 2. The Balaban J connectivity index is 1.83. The maximum absolute atomic E-state index is 12.8. The van der Waals surface area contributed by atoms with Gasteiger partial charge in [-0.1, -0.05) is 45.0 Å². The van der Waals surface area contributed by atoms with Crippen molar-refractivity contribution in [3.63, 3.8) is 0 Å². The Kier molecular flexibility index (Phi) is 4.72. The van der Waals surface area contributed by atoms with Crippen molar-refractivity contribution < 1.29 is 9.90 Å². The second kappa shape index (κ2) is 6.78. The number of anilines is 1. The topological polar surface area (TPSA) is 40.5 Å². The zero-order chi connectivity index (χ0) is 17.3. The van der Waals surface area contributed by atoms with Crippen molar-refractivity contribution in [1.82, 2.24) is 0 Å². The van der Waals surface area contributed by atoms with Crippen molar-refractivity contribution in [2.75, 3.05) is 11.5 Å². The Hall–Kier alpha value is -2.13. The highest BCUT2D eigenvalue weighted by molar-refractivity contribution is 6.10. The molecule has 1 N–H and O–H groups in total. The predicted octanol–water partition coefficient (Wildman–Crippen LogP) is 4.14. The Morgan fingerprint density at radius 1 is 1.08 bits per heavy atom. The van der Waals surface area contributed by atoms with E-state index in [1.54, 1.807) is 0 Å². The second-order valence-corrected chi connectivity index (χ2v) is 7.16. The number of benzene rings is 2. The van der Waals surface area contributed by atoms with Crippen molar-refractivity contribution in [1.29, 1.82) is 0 Å². The molecule has 0 fully saturated rings. The van der Waals surface area contributed by atoms with E-state index in [2.05, 4.69) is 32.0 Å². The van der Waals surface area contributed by atoms with Crippen LogP contribution in [0.3, 0.4) is 0 Å². The van der Waals surface area contributed by atoms with E-state index in [0.29, 0.717) is 12.5 Å². The number of carbonyl (C=O) groups excluding carboxylic acids is 1. The summed E-state index contributed by atoms with van der Waals surface area (Å²) in [5, 5.41) is 9.25. The molecular formula is C21H25NO2. The number of aliphatic hydroxyl groups is 1. The monoisotopic (exact) mass is 323 g/mol. The van der Waals surface area contributed by atoms with Crippen molar-refractivity contribution in [2.45, 2.75) is 39.7 Å². The summed E-state index contributed by atoms with van der Waals surface area (Å²) in [5.74, 6) is 0.777. The molecule has 0 aliphatic carbocycles. The fourth-order valence-electron chi connectivity index (χ4n) is 3.24. The van der Waals surface area contributed by atoms with Crippen LogP contribution in [0.25, 0.3) is 0 Å². The van der Waals surface area contributed by atoms with Gasteiger partial charge in [0.25, 0.3) is 5.91 Å². The fraction of sp³-hybridized carbons (Fsp3) is 0.381. The Morgan fingerprint density at radius 2 is 1.79 bits per heavy atom. The van der Waals surface area contributed by atoms with E-state index in [0.717, 1.165) is 28.8 Å². The number of amides is 1. The van der Waals surface area contributed by atoms with E-state index < -0.39 is 0 Å². The van der Waals surface area contributed by atoms with Gasteiger partial charge in [0, 0.05) is 23.8 Å². The number of fused-ring (bicyclic) bond motifs is 1. The molecule has 2 aromatic carbocycles. The van der Waals surface area contributed by atoms with Gasteiger partial charge in [0.05, 0.1) is 6.54 Å². The van der Waals surface area contributed by atoms with Crippen LogP contribution in [0.2, 0.25) is 0 Å². The van der Waals surface area contributed by atoms with E-state index in [1.165, 1.54) is 5.56 Å². The molecule has 1 heterocycles. The number of nitrogens with zero attached hydrogens (tertiary/aromatic N) is 1. The molecular weight excluding hydrogens is 298 g/mol. The van der Waals surface area contributed by atoms with Crippen molar-refractivity contribution >= 4 is 11.6 Å². The SMILES string of the molecule is CC(C)Cc1ccc2c(c1)C(=O)N(c1ccc(C(C)CO)cc1)C2. The molecule has 3 heteroatoms. The van der Waals surface area contributed by atoms with Crippen LogP contribution in [0, 0.1) is 5.92 Å². The van der Waals surface area contributed by atoms with Crippen LogP contribution in [0.15, 0.2) is 42.5 Å². The number of hydrogen-bond donors (Lipinski definition) is 1. The highest BCUT2D eigenvalue weighted by Gasteiger charge is 2.28. The number of carbonyl (C=O) groups is 1. The Bertz CT molecular complexity index is 734.